The molecule has 0 amide bonds. The largest absolute Gasteiger partial charge is 0.322 e. The van der Waals surface area contributed by atoms with Crippen LogP contribution < -0.4 is 5.56 Å². The third kappa shape index (κ3) is 4.15. The van der Waals surface area contributed by atoms with E-state index in [0.717, 1.165) is 61.1 Å². The van der Waals surface area contributed by atoms with Crippen molar-refractivity contribution >= 4 is 10.9 Å². The number of hydrogen-bond acceptors (Lipinski definition) is 5. The highest BCUT2D eigenvalue weighted by atomic mass is 16.1. The third-order valence-corrected chi connectivity index (χ3v) is 7.00. The van der Waals surface area contributed by atoms with Gasteiger partial charge in [0.1, 0.15) is 6.04 Å². The van der Waals surface area contributed by atoms with Gasteiger partial charge >= 0.3 is 0 Å². The minimum Gasteiger partial charge on any atom is -0.322 e. The highest BCUT2D eigenvalue weighted by Crippen LogP contribution is 2.33. The molecule has 31 heavy (non-hydrogen) atoms. The van der Waals surface area contributed by atoms with E-state index < -0.39 is 0 Å². The average molecular weight is 423 g/mol. The fourth-order valence-corrected chi connectivity index (χ4v) is 4.43. The highest BCUT2D eigenvalue weighted by molar-refractivity contribution is 5.80. The van der Waals surface area contributed by atoms with Crippen LogP contribution in [-0.4, -0.2) is 43.2 Å². The molecule has 7 heteroatoms. The number of nitrogens with zero attached hydrogens (tertiary/aromatic N) is 5. The predicted octanol–water partition coefficient (Wildman–Crippen LogP) is 4.04. The van der Waals surface area contributed by atoms with Crippen molar-refractivity contribution in [1.29, 1.82) is 0 Å². The van der Waals surface area contributed by atoms with Crippen molar-refractivity contribution in [3.8, 4) is 0 Å². The van der Waals surface area contributed by atoms with Crippen LogP contribution in [0, 0.1) is 5.92 Å². The number of aryl methyl sites for hydroxylation is 1. The quantitative estimate of drug-likeness (QED) is 0.648. The van der Waals surface area contributed by atoms with Crippen molar-refractivity contribution in [2.24, 2.45) is 5.92 Å². The second-order valence-corrected chi connectivity index (χ2v) is 9.56. The van der Waals surface area contributed by atoms with E-state index in [4.69, 9.17) is 0 Å². The molecule has 0 aliphatic carbocycles. The van der Waals surface area contributed by atoms with Gasteiger partial charge in [-0.2, -0.15) is 0 Å². The van der Waals surface area contributed by atoms with Crippen LogP contribution in [0.3, 0.4) is 0 Å². The maximum atomic E-state index is 13.3. The summed E-state index contributed by atoms with van der Waals surface area (Å²) in [5.41, 5.74) is 2.54. The second-order valence-electron chi connectivity index (χ2n) is 9.56. The predicted molar refractivity (Wildman–Crippen MR) is 123 cm³/mol. The lowest BCUT2D eigenvalue weighted by Crippen LogP contribution is -2.41. The van der Waals surface area contributed by atoms with E-state index in [0.29, 0.717) is 5.92 Å². The van der Waals surface area contributed by atoms with Crippen LogP contribution in [0.2, 0.25) is 0 Å². The third-order valence-electron chi connectivity index (χ3n) is 7.00. The summed E-state index contributed by atoms with van der Waals surface area (Å²) in [7, 11) is 0. The molecule has 1 unspecified atom stereocenters. The summed E-state index contributed by atoms with van der Waals surface area (Å²) in [6.07, 6.45) is 4.07. The van der Waals surface area contributed by atoms with Crippen molar-refractivity contribution in [3.63, 3.8) is 0 Å². The molecule has 3 aromatic rings. The maximum Gasteiger partial charge on any atom is 0.253 e. The first kappa shape index (κ1) is 21.7. The molecule has 7 nitrogen and oxygen atoms in total. The average Bonchev–Trinajstić information content (AvgIpc) is 3.25. The second kappa shape index (κ2) is 8.54. The molecule has 0 bridgehead atoms. The van der Waals surface area contributed by atoms with E-state index >= 15 is 0 Å². The number of nitrogens with one attached hydrogen (secondary N) is 1. The number of tetrazole rings is 1. The summed E-state index contributed by atoms with van der Waals surface area (Å²) >= 11 is 0. The summed E-state index contributed by atoms with van der Waals surface area (Å²) in [5, 5.41) is 13.9. The number of H-pyrrole nitrogens is 1. The fraction of sp³-hybridized carbons (Fsp3) is 0.583. The normalized spacial score (nSPS) is 17.3. The van der Waals surface area contributed by atoms with Crippen LogP contribution >= 0.6 is 0 Å². The Labute approximate surface area is 183 Å². The van der Waals surface area contributed by atoms with Crippen LogP contribution in [0.25, 0.3) is 10.9 Å². The van der Waals surface area contributed by atoms with Gasteiger partial charge in [-0.15, -0.1) is 5.10 Å². The molecule has 1 saturated heterocycles. The van der Waals surface area contributed by atoms with Crippen molar-refractivity contribution in [1.82, 2.24) is 30.1 Å². The zero-order valence-electron chi connectivity index (χ0n) is 19.4. The highest BCUT2D eigenvalue weighted by Gasteiger charge is 2.35. The molecule has 1 aromatic carbocycles. The zero-order valence-corrected chi connectivity index (χ0v) is 19.4. The topological polar surface area (TPSA) is 79.7 Å². The molecule has 2 aromatic heterocycles. The van der Waals surface area contributed by atoms with E-state index in [1.54, 1.807) is 0 Å². The van der Waals surface area contributed by atoms with Crippen LogP contribution in [0.1, 0.15) is 76.9 Å². The molecule has 3 heterocycles. The lowest BCUT2D eigenvalue weighted by Gasteiger charge is -2.37. The lowest BCUT2D eigenvalue weighted by atomic mass is 9.94. The molecule has 1 aliphatic heterocycles. The Morgan fingerprint density at radius 1 is 1.19 bits per heavy atom. The molecular formula is C24H34N6O. The maximum absolute atomic E-state index is 13.3. The Kier molecular flexibility index (Phi) is 5.97. The number of likely N-dealkylation sites (tertiary alicyclic amines) is 1. The first-order chi connectivity index (χ1) is 14.8. The summed E-state index contributed by atoms with van der Waals surface area (Å²) in [4.78, 5) is 18.8. The van der Waals surface area contributed by atoms with E-state index in [-0.39, 0.29) is 17.1 Å². The van der Waals surface area contributed by atoms with Gasteiger partial charge in [0, 0.05) is 11.1 Å². The number of hydrogen-bond donors (Lipinski definition) is 1. The van der Waals surface area contributed by atoms with Gasteiger partial charge in [-0.1, -0.05) is 26.8 Å². The van der Waals surface area contributed by atoms with Crippen molar-refractivity contribution in [2.75, 3.05) is 13.1 Å². The van der Waals surface area contributed by atoms with Crippen LogP contribution in [0.15, 0.2) is 29.1 Å². The van der Waals surface area contributed by atoms with Gasteiger partial charge in [-0.05, 0) is 98.1 Å². The number of piperidine rings is 1. The van der Waals surface area contributed by atoms with E-state index in [1.807, 2.05) is 16.8 Å². The molecular weight excluding hydrogens is 388 g/mol. The summed E-state index contributed by atoms with van der Waals surface area (Å²) in [6, 6.07) is 8.02. The van der Waals surface area contributed by atoms with Crippen LogP contribution in [-0.2, 0) is 12.0 Å². The molecule has 1 aliphatic rings. The Bertz CT molecular complexity index is 1110. The first-order valence-corrected chi connectivity index (χ1v) is 11.5. The van der Waals surface area contributed by atoms with Gasteiger partial charge in [0.25, 0.3) is 5.56 Å². The summed E-state index contributed by atoms with van der Waals surface area (Å²) in [5.74, 6) is 1.44. The Hall–Kier alpha value is -2.54. The molecule has 1 fully saturated rings. The number of aromatic nitrogens is 5. The number of benzene rings is 1. The number of fused-ring (bicyclic) bond motifs is 1. The molecule has 1 N–H and O–H groups in total. The summed E-state index contributed by atoms with van der Waals surface area (Å²) < 4.78 is 1.92. The zero-order chi connectivity index (χ0) is 22.2. The van der Waals surface area contributed by atoms with Crippen LogP contribution in [0.4, 0.5) is 0 Å². The first-order valence-electron chi connectivity index (χ1n) is 11.5. The molecule has 166 valence electrons. The Morgan fingerprint density at radius 3 is 2.61 bits per heavy atom. The minimum absolute atomic E-state index is 0.0655. The molecule has 0 radical (unpaired) electrons. The Morgan fingerprint density at radius 2 is 1.94 bits per heavy atom. The monoisotopic (exact) mass is 422 g/mol. The van der Waals surface area contributed by atoms with Crippen molar-refractivity contribution in [3.05, 3.63) is 51.6 Å². The minimum atomic E-state index is -0.272. The standard InChI is InChI=1S/C24H34N6O/c1-6-17-8-9-20-18(14-17)15-19(23(31)25-20)21(29-12-10-16(3)11-13-29)22-26-27-28-30(22)24(4,5)7-2/h8-9,14-16,21H,6-7,10-13H2,1-5H3,(H,25,31). The molecule has 0 spiro atoms. The van der Waals surface area contributed by atoms with Gasteiger partial charge < -0.3 is 4.98 Å². The van der Waals surface area contributed by atoms with E-state index in [1.165, 1.54) is 5.56 Å². The number of pyridine rings is 1. The Balaban J connectivity index is 1.89. The van der Waals surface area contributed by atoms with Gasteiger partial charge in [-0.3, -0.25) is 9.69 Å². The molecule has 1 atom stereocenters. The van der Waals surface area contributed by atoms with Crippen molar-refractivity contribution in [2.45, 2.75) is 71.9 Å². The number of rotatable bonds is 6. The van der Waals surface area contributed by atoms with Gasteiger partial charge in [0.2, 0.25) is 0 Å². The fourth-order valence-electron chi connectivity index (χ4n) is 4.43. The molecule has 0 saturated carbocycles. The van der Waals surface area contributed by atoms with Crippen molar-refractivity contribution < 1.29 is 0 Å². The SMILES string of the molecule is CCc1ccc2[nH]c(=O)c(C(c3nnnn3C(C)(C)CC)N3CCC(C)CC3)cc2c1. The molecule has 4 rings (SSSR count). The smallest absolute Gasteiger partial charge is 0.253 e. The van der Waals surface area contributed by atoms with Gasteiger partial charge in [0.15, 0.2) is 5.82 Å². The number of aromatic amines is 1. The van der Waals surface area contributed by atoms with E-state index in [2.05, 4.69) is 72.2 Å². The lowest BCUT2D eigenvalue weighted by molar-refractivity contribution is 0.143. The summed E-state index contributed by atoms with van der Waals surface area (Å²) in [6.45, 7) is 12.7. The van der Waals surface area contributed by atoms with Gasteiger partial charge in [-0.25, -0.2) is 4.68 Å². The van der Waals surface area contributed by atoms with Crippen LogP contribution in [0.5, 0.6) is 0 Å². The van der Waals surface area contributed by atoms with E-state index in [9.17, 15) is 4.79 Å². The van der Waals surface area contributed by atoms with Gasteiger partial charge in [0.05, 0.1) is 5.54 Å².